The van der Waals surface area contributed by atoms with Gasteiger partial charge in [-0.05, 0) is 50.1 Å². The number of nitrogens with two attached hydrogens (primary N) is 1. The molecule has 112 valence electrons. The lowest BCUT2D eigenvalue weighted by atomic mass is 10.1. The van der Waals surface area contributed by atoms with Crippen LogP contribution >= 0.6 is 15.9 Å². The van der Waals surface area contributed by atoms with Crippen molar-refractivity contribution in [1.29, 1.82) is 0 Å². The van der Waals surface area contributed by atoms with Crippen LogP contribution in [0.25, 0.3) is 0 Å². The largest absolute Gasteiger partial charge is 0.491 e. The summed E-state index contributed by atoms with van der Waals surface area (Å²) in [5.41, 5.74) is 9.91. The Balaban J connectivity index is 2.29. The molecule has 0 radical (unpaired) electrons. The summed E-state index contributed by atoms with van der Waals surface area (Å²) in [5.74, 6) is 0.780. The van der Waals surface area contributed by atoms with E-state index in [2.05, 4.69) is 40.3 Å². The van der Waals surface area contributed by atoms with Crippen LogP contribution in [-0.2, 0) is 6.42 Å². The summed E-state index contributed by atoms with van der Waals surface area (Å²) in [6, 6.07) is 11.9. The van der Waals surface area contributed by atoms with E-state index in [1.165, 1.54) is 5.56 Å². The number of nitrogens with one attached hydrogen (secondary N) is 1. The fourth-order valence-corrected chi connectivity index (χ4v) is 2.58. The molecular formula is C17H21BrN2O. The molecule has 3 N–H and O–H groups in total. The molecule has 0 saturated carbocycles. The van der Waals surface area contributed by atoms with Crippen LogP contribution in [-0.4, -0.2) is 6.10 Å². The maximum atomic E-state index is 5.96. The molecule has 0 saturated heterocycles. The summed E-state index contributed by atoms with van der Waals surface area (Å²) in [7, 11) is 0. The standard InChI is InChI=1S/C17H21BrN2O/c1-4-12-7-13(18)5-6-17(12)20-15-8-14(19)9-16(10-15)21-11(2)3/h5-11,20H,4,19H2,1-3H3. The Morgan fingerprint density at radius 1 is 1.19 bits per heavy atom. The first-order valence-corrected chi connectivity index (χ1v) is 7.90. The van der Waals surface area contributed by atoms with E-state index in [1.54, 1.807) is 0 Å². The molecule has 21 heavy (non-hydrogen) atoms. The van der Waals surface area contributed by atoms with Crippen molar-refractivity contribution >= 4 is 33.0 Å². The minimum absolute atomic E-state index is 0.124. The van der Waals surface area contributed by atoms with Gasteiger partial charge in [0.05, 0.1) is 6.10 Å². The van der Waals surface area contributed by atoms with Crippen molar-refractivity contribution in [3.05, 3.63) is 46.4 Å². The van der Waals surface area contributed by atoms with Gasteiger partial charge < -0.3 is 15.8 Å². The fraction of sp³-hybridized carbons (Fsp3) is 0.294. The van der Waals surface area contributed by atoms with Gasteiger partial charge in [-0.2, -0.15) is 0 Å². The second kappa shape index (κ2) is 6.85. The average Bonchev–Trinajstić information content (AvgIpc) is 2.39. The molecule has 0 fully saturated rings. The summed E-state index contributed by atoms with van der Waals surface area (Å²) >= 11 is 3.51. The first-order chi connectivity index (χ1) is 9.97. The van der Waals surface area contributed by atoms with Gasteiger partial charge in [0, 0.05) is 33.7 Å². The summed E-state index contributed by atoms with van der Waals surface area (Å²) < 4.78 is 6.81. The third kappa shape index (κ3) is 4.39. The molecule has 0 heterocycles. The van der Waals surface area contributed by atoms with Crippen LogP contribution in [0.5, 0.6) is 5.75 Å². The van der Waals surface area contributed by atoms with Gasteiger partial charge in [0.2, 0.25) is 0 Å². The van der Waals surface area contributed by atoms with Crippen molar-refractivity contribution in [2.24, 2.45) is 0 Å². The quantitative estimate of drug-likeness (QED) is 0.736. The third-order valence-corrected chi connectivity index (χ3v) is 3.52. The van der Waals surface area contributed by atoms with Crippen molar-refractivity contribution in [3.8, 4) is 5.75 Å². The number of rotatable bonds is 5. The lowest BCUT2D eigenvalue weighted by Crippen LogP contribution is -2.06. The maximum absolute atomic E-state index is 5.96. The highest BCUT2D eigenvalue weighted by atomic mass is 79.9. The van der Waals surface area contributed by atoms with Crippen LogP contribution in [0.15, 0.2) is 40.9 Å². The molecule has 0 unspecified atom stereocenters. The lowest BCUT2D eigenvalue weighted by Gasteiger charge is -2.15. The molecule has 0 spiro atoms. The second-order valence-electron chi connectivity index (χ2n) is 5.24. The molecule has 0 atom stereocenters. The van der Waals surface area contributed by atoms with Crippen LogP contribution in [0.3, 0.4) is 0 Å². The number of hydrogen-bond acceptors (Lipinski definition) is 3. The van der Waals surface area contributed by atoms with E-state index in [-0.39, 0.29) is 6.10 Å². The van der Waals surface area contributed by atoms with Crippen molar-refractivity contribution in [1.82, 2.24) is 0 Å². The normalized spacial score (nSPS) is 10.7. The highest BCUT2D eigenvalue weighted by molar-refractivity contribution is 9.10. The first kappa shape index (κ1) is 15.7. The second-order valence-corrected chi connectivity index (χ2v) is 6.15. The Hall–Kier alpha value is -1.68. The summed E-state index contributed by atoms with van der Waals surface area (Å²) in [5, 5.41) is 3.42. The molecule has 0 bridgehead atoms. The summed E-state index contributed by atoms with van der Waals surface area (Å²) in [6.07, 6.45) is 1.08. The van der Waals surface area contributed by atoms with E-state index in [9.17, 15) is 0 Å². The number of aryl methyl sites for hydroxylation is 1. The molecule has 0 aromatic heterocycles. The Kier molecular flexibility index (Phi) is 5.12. The van der Waals surface area contributed by atoms with Gasteiger partial charge in [-0.15, -0.1) is 0 Å². The molecule has 0 aliphatic carbocycles. The van der Waals surface area contributed by atoms with Gasteiger partial charge in [-0.1, -0.05) is 22.9 Å². The van der Waals surface area contributed by atoms with E-state index in [4.69, 9.17) is 10.5 Å². The van der Waals surface area contributed by atoms with Crippen LogP contribution in [0, 0.1) is 0 Å². The molecular weight excluding hydrogens is 328 g/mol. The van der Waals surface area contributed by atoms with Gasteiger partial charge in [0.25, 0.3) is 0 Å². The zero-order valence-electron chi connectivity index (χ0n) is 12.6. The molecule has 2 aromatic rings. The number of ether oxygens (including phenoxy) is 1. The van der Waals surface area contributed by atoms with Gasteiger partial charge in [0.1, 0.15) is 5.75 Å². The number of anilines is 3. The number of benzene rings is 2. The van der Waals surface area contributed by atoms with Crippen LogP contribution in [0.2, 0.25) is 0 Å². The van der Waals surface area contributed by atoms with Crippen molar-refractivity contribution in [2.75, 3.05) is 11.1 Å². The number of hydrogen-bond donors (Lipinski definition) is 2. The predicted octanol–water partition coefficient (Wildman–Crippen LogP) is 5.12. The third-order valence-electron chi connectivity index (χ3n) is 3.03. The van der Waals surface area contributed by atoms with Crippen LogP contribution in [0.1, 0.15) is 26.3 Å². The van der Waals surface area contributed by atoms with Crippen LogP contribution in [0.4, 0.5) is 17.1 Å². The lowest BCUT2D eigenvalue weighted by molar-refractivity contribution is 0.242. The summed E-state index contributed by atoms with van der Waals surface area (Å²) in [4.78, 5) is 0. The molecule has 2 aromatic carbocycles. The molecule has 3 nitrogen and oxygen atoms in total. The van der Waals surface area contributed by atoms with Gasteiger partial charge >= 0.3 is 0 Å². The van der Waals surface area contributed by atoms with E-state index in [1.807, 2.05) is 38.1 Å². The average molecular weight is 349 g/mol. The van der Waals surface area contributed by atoms with Crippen molar-refractivity contribution in [2.45, 2.75) is 33.3 Å². The van der Waals surface area contributed by atoms with Crippen molar-refractivity contribution < 1.29 is 4.74 Å². The predicted molar refractivity (Wildman–Crippen MR) is 93.4 cm³/mol. The number of nitrogen functional groups attached to an aromatic ring is 1. The van der Waals surface area contributed by atoms with E-state index in [0.717, 1.165) is 28.0 Å². The Morgan fingerprint density at radius 3 is 2.62 bits per heavy atom. The topological polar surface area (TPSA) is 47.3 Å². The molecule has 2 rings (SSSR count). The van der Waals surface area contributed by atoms with Gasteiger partial charge in [-0.25, -0.2) is 0 Å². The number of halogens is 1. The fourth-order valence-electron chi connectivity index (χ4n) is 2.17. The SMILES string of the molecule is CCc1cc(Br)ccc1Nc1cc(N)cc(OC(C)C)c1. The molecule has 0 aliphatic heterocycles. The summed E-state index contributed by atoms with van der Waals surface area (Å²) in [6.45, 7) is 6.14. The minimum Gasteiger partial charge on any atom is -0.491 e. The zero-order valence-corrected chi connectivity index (χ0v) is 14.2. The van der Waals surface area contributed by atoms with Crippen molar-refractivity contribution in [3.63, 3.8) is 0 Å². The highest BCUT2D eigenvalue weighted by Gasteiger charge is 2.06. The highest BCUT2D eigenvalue weighted by Crippen LogP contribution is 2.29. The van der Waals surface area contributed by atoms with E-state index in [0.29, 0.717) is 5.69 Å². The molecule has 0 aliphatic rings. The van der Waals surface area contributed by atoms with E-state index >= 15 is 0 Å². The first-order valence-electron chi connectivity index (χ1n) is 7.10. The maximum Gasteiger partial charge on any atom is 0.123 e. The Labute approximate surface area is 134 Å². The van der Waals surface area contributed by atoms with E-state index < -0.39 is 0 Å². The smallest absolute Gasteiger partial charge is 0.123 e. The molecule has 4 heteroatoms. The van der Waals surface area contributed by atoms with Crippen LogP contribution < -0.4 is 15.8 Å². The van der Waals surface area contributed by atoms with Gasteiger partial charge in [0.15, 0.2) is 0 Å². The Morgan fingerprint density at radius 2 is 1.95 bits per heavy atom. The monoisotopic (exact) mass is 348 g/mol. The molecule has 0 amide bonds. The Bertz CT molecular complexity index is 626. The van der Waals surface area contributed by atoms with Gasteiger partial charge in [-0.3, -0.25) is 0 Å². The minimum atomic E-state index is 0.124. The zero-order chi connectivity index (χ0) is 15.4.